The summed E-state index contributed by atoms with van der Waals surface area (Å²) in [5, 5.41) is 16.1. The zero-order chi connectivity index (χ0) is 21.2. The summed E-state index contributed by atoms with van der Waals surface area (Å²) in [4.78, 5) is 19.1. The molecule has 2 unspecified atom stereocenters. The molecular formula is C20H38N4O4. The Labute approximate surface area is 169 Å². The molecule has 28 heavy (non-hydrogen) atoms. The number of ether oxygens (including phenoxy) is 2. The van der Waals surface area contributed by atoms with Crippen LogP contribution < -0.4 is 10.6 Å². The van der Waals surface area contributed by atoms with Gasteiger partial charge in [-0.05, 0) is 61.3 Å². The highest BCUT2D eigenvalue weighted by Gasteiger charge is 2.49. The van der Waals surface area contributed by atoms with Crippen molar-refractivity contribution < 1.29 is 19.4 Å². The number of hydrogen-bond acceptors (Lipinski definition) is 5. The average Bonchev–Trinajstić information content (AvgIpc) is 3.29. The lowest BCUT2D eigenvalue weighted by Gasteiger charge is -2.35. The molecule has 1 amide bonds. The van der Waals surface area contributed by atoms with Gasteiger partial charge in [0.15, 0.2) is 5.96 Å². The number of aliphatic hydroxyl groups is 1. The van der Waals surface area contributed by atoms with Crippen LogP contribution in [0.4, 0.5) is 4.79 Å². The number of nitrogens with zero attached hydrogens (tertiary/aromatic N) is 2. The Bertz CT molecular complexity index is 581. The van der Waals surface area contributed by atoms with Crippen LogP contribution in [0.25, 0.3) is 0 Å². The lowest BCUT2D eigenvalue weighted by Crippen LogP contribution is -2.54. The Morgan fingerprint density at radius 1 is 1.32 bits per heavy atom. The number of rotatable bonds is 6. The molecule has 162 valence electrons. The molecule has 0 spiro atoms. The highest BCUT2D eigenvalue weighted by atomic mass is 16.6. The first kappa shape index (κ1) is 22.7. The van der Waals surface area contributed by atoms with E-state index < -0.39 is 11.3 Å². The number of carbonyl (C=O) groups is 1. The molecule has 0 bridgehead atoms. The van der Waals surface area contributed by atoms with Crippen LogP contribution in [0.3, 0.4) is 0 Å². The van der Waals surface area contributed by atoms with E-state index in [1.165, 1.54) is 0 Å². The first-order valence-electron chi connectivity index (χ1n) is 10.3. The van der Waals surface area contributed by atoms with Gasteiger partial charge in [0.2, 0.25) is 0 Å². The van der Waals surface area contributed by atoms with Crippen LogP contribution in [0.2, 0.25) is 0 Å². The molecule has 2 aliphatic rings. The van der Waals surface area contributed by atoms with Crippen molar-refractivity contribution in [2.45, 2.75) is 84.8 Å². The molecule has 1 aliphatic carbocycles. The van der Waals surface area contributed by atoms with Crippen molar-refractivity contribution in [3.63, 3.8) is 0 Å². The first-order valence-corrected chi connectivity index (χ1v) is 10.3. The van der Waals surface area contributed by atoms with Crippen LogP contribution in [0.5, 0.6) is 0 Å². The molecule has 0 radical (unpaired) electrons. The highest BCUT2D eigenvalue weighted by molar-refractivity contribution is 5.80. The normalized spacial score (nSPS) is 26.1. The molecule has 2 rings (SSSR count). The van der Waals surface area contributed by atoms with E-state index in [0.29, 0.717) is 19.0 Å². The van der Waals surface area contributed by atoms with Gasteiger partial charge in [0.1, 0.15) is 11.3 Å². The summed E-state index contributed by atoms with van der Waals surface area (Å²) in [5.74, 6) is 0.684. The molecule has 2 fully saturated rings. The van der Waals surface area contributed by atoms with Crippen molar-refractivity contribution in [1.29, 1.82) is 0 Å². The Balaban J connectivity index is 2.07. The van der Waals surface area contributed by atoms with E-state index in [4.69, 9.17) is 9.47 Å². The zero-order valence-electron chi connectivity index (χ0n) is 18.5. The number of amides is 1. The smallest absolute Gasteiger partial charge is 0.412 e. The SMILES string of the molecule is CCNC(=NCC1(CO)CC1)NCC1C(C)OC(C)(C)N1C(=O)OC(C)(C)C. The van der Waals surface area contributed by atoms with E-state index >= 15 is 0 Å². The van der Waals surface area contributed by atoms with E-state index in [9.17, 15) is 9.90 Å². The standard InChI is InChI=1S/C20H38N4O4/c1-8-21-16(23-12-20(13-25)9-10-20)22-11-15-14(2)27-19(6,7)24(15)17(26)28-18(3,4)5/h14-15,25H,8-13H2,1-7H3,(H2,21,22,23). The van der Waals surface area contributed by atoms with E-state index in [1.54, 1.807) is 4.90 Å². The number of hydrogen-bond donors (Lipinski definition) is 3. The van der Waals surface area contributed by atoms with Gasteiger partial charge in [-0.2, -0.15) is 0 Å². The van der Waals surface area contributed by atoms with Gasteiger partial charge in [-0.1, -0.05) is 0 Å². The molecule has 1 saturated carbocycles. The summed E-state index contributed by atoms with van der Waals surface area (Å²) in [7, 11) is 0. The fourth-order valence-electron chi connectivity index (χ4n) is 3.46. The third kappa shape index (κ3) is 5.73. The van der Waals surface area contributed by atoms with Crippen molar-refractivity contribution in [2.75, 3.05) is 26.2 Å². The molecule has 3 N–H and O–H groups in total. The quantitative estimate of drug-likeness (QED) is 0.468. The summed E-state index contributed by atoms with van der Waals surface area (Å²) in [6.45, 7) is 15.3. The molecule has 1 heterocycles. The average molecular weight is 399 g/mol. The minimum atomic E-state index is -0.751. The fourth-order valence-corrected chi connectivity index (χ4v) is 3.46. The number of carbonyl (C=O) groups excluding carboxylic acids is 1. The monoisotopic (exact) mass is 398 g/mol. The maximum absolute atomic E-state index is 12.8. The van der Waals surface area contributed by atoms with E-state index in [-0.39, 0.29) is 30.3 Å². The van der Waals surface area contributed by atoms with E-state index in [1.807, 2.05) is 48.5 Å². The summed E-state index contributed by atoms with van der Waals surface area (Å²) >= 11 is 0. The molecule has 2 atom stereocenters. The molecule has 8 heteroatoms. The van der Waals surface area contributed by atoms with Crippen LogP contribution >= 0.6 is 0 Å². The number of guanidine groups is 1. The second-order valence-electron chi connectivity index (χ2n) is 9.42. The minimum absolute atomic E-state index is 0.0450. The van der Waals surface area contributed by atoms with Crippen LogP contribution in [0.15, 0.2) is 4.99 Å². The largest absolute Gasteiger partial charge is 0.444 e. The lowest BCUT2D eigenvalue weighted by molar-refractivity contribution is -0.0755. The number of aliphatic hydroxyl groups excluding tert-OH is 1. The molecule has 0 aromatic carbocycles. The summed E-state index contributed by atoms with van der Waals surface area (Å²) in [6.07, 6.45) is 1.50. The first-order chi connectivity index (χ1) is 12.9. The van der Waals surface area contributed by atoms with Gasteiger partial charge in [0, 0.05) is 18.5 Å². The van der Waals surface area contributed by atoms with Crippen molar-refractivity contribution >= 4 is 12.1 Å². The molecule has 1 aliphatic heterocycles. The molecular weight excluding hydrogens is 360 g/mol. The second kappa shape index (κ2) is 8.45. The topological polar surface area (TPSA) is 95.4 Å². The minimum Gasteiger partial charge on any atom is -0.444 e. The third-order valence-corrected chi connectivity index (χ3v) is 5.21. The van der Waals surface area contributed by atoms with Gasteiger partial charge in [-0.15, -0.1) is 0 Å². The Kier molecular flexibility index (Phi) is 6.86. The zero-order valence-corrected chi connectivity index (χ0v) is 18.5. The second-order valence-corrected chi connectivity index (χ2v) is 9.42. The van der Waals surface area contributed by atoms with Crippen molar-refractivity contribution in [3.05, 3.63) is 0 Å². The van der Waals surface area contributed by atoms with Gasteiger partial charge in [-0.3, -0.25) is 9.89 Å². The van der Waals surface area contributed by atoms with Crippen LogP contribution in [0.1, 0.15) is 61.3 Å². The Morgan fingerprint density at radius 2 is 1.96 bits per heavy atom. The van der Waals surface area contributed by atoms with E-state index in [0.717, 1.165) is 19.4 Å². The van der Waals surface area contributed by atoms with Crippen molar-refractivity contribution in [3.8, 4) is 0 Å². The van der Waals surface area contributed by atoms with Gasteiger partial charge < -0.3 is 25.2 Å². The Morgan fingerprint density at radius 3 is 2.46 bits per heavy atom. The fraction of sp³-hybridized carbons (Fsp3) is 0.900. The summed E-state index contributed by atoms with van der Waals surface area (Å²) in [6, 6.07) is -0.193. The van der Waals surface area contributed by atoms with Crippen LogP contribution in [-0.2, 0) is 9.47 Å². The van der Waals surface area contributed by atoms with Gasteiger partial charge in [0.05, 0.1) is 25.3 Å². The van der Waals surface area contributed by atoms with E-state index in [2.05, 4.69) is 15.6 Å². The van der Waals surface area contributed by atoms with Crippen molar-refractivity contribution in [2.24, 2.45) is 10.4 Å². The molecule has 1 saturated heterocycles. The van der Waals surface area contributed by atoms with Gasteiger partial charge in [0.25, 0.3) is 0 Å². The van der Waals surface area contributed by atoms with Gasteiger partial charge in [-0.25, -0.2) is 4.79 Å². The Hall–Kier alpha value is -1.54. The summed E-state index contributed by atoms with van der Waals surface area (Å²) in [5.41, 5.74) is -1.37. The number of nitrogens with one attached hydrogen (secondary N) is 2. The van der Waals surface area contributed by atoms with Crippen LogP contribution in [-0.4, -0.2) is 71.8 Å². The van der Waals surface area contributed by atoms with Crippen molar-refractivity contribution in [1.82, 2.24) is 15.5 Å². The lowest BCUT2D eigenvalue weighted by atomic mass is 10.1. The molecule has 0 aromatic rings. The maximum atomic E-state index is 12.8. The summed E-state index contributed by atoms with van der Waals surface area (Å²) < 4.78 is 11.6. The maximum Gasteiger partial charge on any atom is 0.412 e. The molecule has 8 nitrogen and oxygen atoms in total. The highest BCUT2D eigenvalue weighted by Crippen LogP contribution is 2.45. The predicted molar refractivity (Wildman–Crippen MR) is 109 cm³/mol. The molecule has 0 aromatic heterocycles. The van der Waals surface area contributed by atoms with Gasteiger partial charge >= 0.3 is 6.09 Å². The number of aliphatic imine (C=N–C) groups is 1. The third-order valence-electron chi connectivity index (χ3n) is 5.21. The predicted octanol–water partition coefficient (Wildman–Crippen LogP) is 2.07. The van der Waals surface area contributed by atoms with Crippen LogP contribution in [0, 0.1) is 5.41 Å².